The molecule has 6 heteroatoms. The molecular formula is C10H14FN5. The van der Waals surface area contributed by atoms with E-state index in [1.807, 2.05) is 0 Å². The van der Waals surface area contributed by atoms with E-state index in [1.165, 1.54) is 6.33 Å². The fourth-order valence-electron chi connectivity index (χ4n) is 1.92. The van der Waals surface area contributed by atoms with Gasteiger partial charge in [-0.3, -0.25) is 0 Å². The molecule has 2 unspecified atom stereocenters. The fraction of sp³-hybridized carbons (Fsp3) is 0.500. The summed E-state index contributed by atoms with van der Waals surface area (Å²) in [5.74, 6) is 0.679. The van der Waals surface area contributed by atoms with Gasteiger partial charge in [0.05, 0.1) is 11.6 Å². The average molecular weight is 223 g/mol. The number of nitrogen functional groups attached to an aromatic ring is 1. The third kappa shape index (κ3) is 1.95. The van der Waals surface area contributed by atoms with Gasteiger partial charge < -0.3 is 16.5 Å². The maximum Gasteiger partial charge on any atom is 0.140 e. The average Bonchev–Trinajstić information content (AvgIpc) is 2.65. The molecule has 0 aliphatic heterocycles. The highest BCUT2D eigenvalue weighted by atomic mass is 19.1. The van der Waals surface area contributed by atoms with Crippen LogP contribution in [-0.4, -0.2) is 28.4 Å². The summed E-state index contributed by atoms with van der Waals surface area (Å²) in [5.41, 5.74) is 6.02. The SMILES string of the molecule is N=Cc1c(N)ncnc1NC1CCCC1F. The van der Waals surface area contributed by atoms with Crippen molar-refractivity contribution >= 4 is 17.9 Å². The van der Waals surface area contributed by atoms with E-state index >= 15 is 0 Å². The smallest absolute Gasteiger partial charge is 0.140 e. The van der Waals surface area contributed by atoms with Crippen molar-refractivity contribution in [2.45, 2.75) is 31.5 Å². The third-order valence-corrected chi connectivity index (χ3v) is 2.81. The Labute approximate surface area is 92.8 Å². The molecule has 2 rings (SSSR count). The Morgan fingerprint density at radius 3 is 2.94 bits per heavy atom. The second-order valence-electron chi connectivity index (χ2n) is 3.86. The number of anilines is 2. The summed E-state index contributed by atoms with van der Waals surface area (Å²) in [7, 11) is 0. The van der Waals surface area contributed by atoms with Crippen LogP contribution in [-0.2, 0) is 0 Å². The highest BCUT2D eigenvalue weighted by molar-refractivity contribution is 5.89. The van der Waals surface area contributed by atoms with Crippen molar-refractivity contribution < 1.29 is 4.39 Å². The highest BCUT2D eigenvalue weighted by Gasteiger charge is 2.27. The molecule has 1 saturated carbocycles. The number of nitrogens with one attached hydrogen (secondary N) is 2. The van der Waals surface area contributed by atoms with Gasteiger partial charge >= 0.3 is 0 Å². The van der Waals surface area contributed by atoms with E-state index in [1.54, 1.807) is 0 Å². The Kier molecular flexibility index (Phi) is 2.98. The summed E-state index contributed by atoms with van der Waals surface area (Å²) in [6.07, 6.45) is 3.78. The molecule has 5 nitrogen and oxygen atoms in total. The monoisotopic (exact) mass is 223 g/mol. The van der Waals surface area contributed by atoms with Crippen molar-refractivity contribution in [2.24, 2.45) is 0 Å². The Morgan fingerprint density at radius 1 is 1.50 bits per heavy atom. The molecule has 0 bridgehead atoms. The molecule has 1 aromatic heterocycles. The van der Waals surface area contributed by atoms with Crippen LogP contribution in [0.15, 0.2) is 6.33 Å². The first-order chi connectivity index (χ1) is 7.72. The van der Waals surface area contributed by atoms with E-state index in [4.69, 9.17) is 11.1 Å². The Balaban J connectivity index is 2.20. The highest BCUT2D eigenvalue weighted by Crippen LogP contribution is 2.26. The minimum Gasteiger partial charge on any atom is -0.383 e. The van der Waals surface area contributed by atoms with Crippen LogP contribution in [0.5, 0.6) is 0 Å². The molecule has 16 heavy (non-hydrogen) atoms. The second-order valence-corrected chi connectivity index (χ2v) is 3.86. The van der Waals surface area contributed by atoms with Crippen LogP contribution >= 0.6 is 0 Å². The molecule has 1 fully saturated rings. The van der Waals surface area contributed by atoms with Gasteiger partial charge in [0.2, 0.25) is 0 Å². The number of nitrogens with zero attached hydrogens (tertiary/aromatic N) is 2. The summed E-state index contributed by atoms with van der Waals surface area (Å²) in [5, 5.41) is 10.2. The van der Waals surface area contributed by atoms with Gasteiger partial charge in [0.15, 0.2) is 0 Å². The molecule has 0 saturated heterocycles. The van der Waals surface area contributed by atoms with Crippen LogP contribution in [0.1, 0.15) is 24.8 Å². The fourth-order valence-corrected chi connectivity index (χ4v) is 1.92. The zero-order valence-corrected chi connectivity index (χ0v) is 8.78. The molecule has 1 aromatic rings. The van der Waals surface area contributed by atoms with E-state index < -0.39 is 6.17 Å². The van der Waals surface area contributed by atoms with Crippen molar-refractivity contribution in [3.05, 3.63) is 11.9 Å². The maximum atomic E-state index is 13.4. The molecule has 1 heterocycles. The Morgan fingerprint density at radius 2 is 2.31 bits per heavy atom. The molecule has 0 spiro atoms. The molecule has 86 valence electrons. The van der Waals surface area contributed by atoms with E-state index in [0.717, 1.165) is 19.1 Å². The van der Waals surface area contributed by atoms with E-state index in [9.17, 15) is 4.39 Å². The minimum atomic E-state index is -0.852. The summed E-state index contributed by atoms with van der Waals surface area (Å²) in [6.45, 7) is 0. The molecule has 0 amide bonds. The maximum absolute atomic E-state index is 13.4. The predicted molar refractivity (Wildman–Crippen MR) is 60.5 cm³/mol. The number of hydrogen-bond acceptors (Lipinski definition) is 5. The first-order valence-corrected chi connectivity index (χ1v) is 5.24. The van der Waals surface area contributed by atoms with Crippen molar-refractivity contribution in [1.82, 2.24) is 9.97 Å². The van der Waals surface area contributed by atoms with Gasteiger partial charge in [0.25, 0.3) is 0 Å². The van der Waals surface area contributed by atoms with Crippen molar-refractivity contribution in [2.75, 3.05) is 11.1 Å². The lowest BCUT2D eigenvalue weighted by molar-refractivity contribution is 0.323. The van der Waals surface area contributed by atoms with Gasteiger partial charge in [-0.05, 0) is 19.3 Å². The molecule has 1 aliphatic carbocycles. The van der Waals surface area contributed by atoms with Gasteiger partial charge in [-0.25, -0.2) is 14.4 Å². The lowest BCUT2D eigenvalue weighted by atomic mass is 10.2. The van der Waals surface area contributed by atoms with Crippen LogP contribution in [0.4, 0.5) is 16.0 Å². The lowest BCUT2D eigenvalue weighted by Gasteiger charge is -2.17. The number of nitrogens with two attached hydrogens (primary N) is 1. The molecule has 0 aromatic carbocycles. The predicted octanol–water partition coefficient (Wildman–Crippen LogP) is 1.36. The second kappa shape index (κ2) is 4.42. The van der Waals surface area contributed by atoms with Crippen LogP contribution < -0.4 is 11.1 Å². The summed E-state index contributed by atoms with van der Waals surface area (Å²) in [4.78, 5) is 7.77. The zero-order valence-electron chi connectivity index (χ0n) is 8.78. The van der Waals surface area contributed by atoms with Crippen molar-refractivity contribution in [3.8, 4) is 0 Å². The third-order valence-electron chi connectivity index (χ3n) is 2.81. The van der Waals surface area contributed by atoms with Crippen LogP contribution in [0.2, 0.25) is 0 Å². The van der Waals surface area contributed by atoms with Gasteiger partial charge in [-0.2, -0.15) is 0 Å². The Bertz CT molecular complexity index is 395. The number of alkyl halides is 1. The normalized spacial score (nSPS) is 24.3. The standard InChI is InChI=1S/C10H14FN5/c11-7-2-1-3-8(7)16-10-6(4-12)9(13)14-5-15-10/h4-5,7-8,12H,1-3H2,(H3,13,14,15,16). The number of halogens is 1. The molecular weight excluding hydrogens is 209 g/mol. The Hall–Kier alpha value is -1.72. The molecule has 1 aliphatic rings. The zero-order chi connectivity index (χ0) is 11.5. The largest absolute Gasteiger partial charge is 0.383 e. The topological polar surface area (TPSA) is 87.7 Å². The van der Waals surface area contributed by atoms with Gasteiger partial charge in [-0.15, -0.1) is 0 Å². The van der Waals surface area contributed by atoms with Crippen LogP contribution in [0, 0.1) is 5.41 Å². The molecule has 4 N–H and O–H groups in total. The van der Waals surface area contributed by atoms with Crippen molar-refractivity contribution in [1.29, 1.82) is 5.41 Å². The summed E-state index contributed by atoms with van der Waals surface area (Å²) >= 11 is 0. The summed E-state index contributed by atoms with van der Waals surface area (Å²) in [6, 6.07) is -0.229. The minimum absolute atomic E-state index is 0.229. The van der Waals surface area contributed by atoms with E-state index in [2.05, 4.69) is 15.3 Å². The van der Waals surface area contributed by atoms with Gasteiger partial charge in [0, 0.05) is 6.21 Å². The number of hydrogen-bond donors (Lipinski definition) is 3. The van der Waals surface area contributed by atoms with Crippen LogP contribution in [0.3, 0.4) is 0 Å². The summed E-state index contributed by atoms with van der Waals surface area (Å²) < 4.78 is 13.4. The number of rotatable bonds is 3. The first-order valence-electron chi connectivity index (χ1n) is 5.24. The van der Waals surface area contributed by atoms with Crippen molar-refractivity contribution in [3.63, 3.8) is 0 Å². The quantitative estimate of drug-likeness (QED) is 0.675. The van der Waals surface area contributed by atoms with Gasteiger partial charge in [-0.1, -0.05) is 0 Å². The van der Waals surface area contributed by atoms with Gasteiger partial charge in [0.1, 0.15) is 24.1 Å². The first kappa shape index (κ1) is 10.8. The molecule has 2 atom stereocenters. The van der Waals surface area contributed by atoms with E-state index in [0.29, 0.717) is 17.8 Å². The molecule has 0 radical (unpaired) electrons. The van der Waals surface area contributed by atoms with E-state index in [-0.39, 0.29) is 11.9 Å². The lowest BCUT2D eigenvalue weighted by Crippen LogP contribution is -2.26. The van der Waals surface area contributed by atoms with Crippen LogP contribution in [0.25, 0.3) is 0 Å². The number of aromatic nitrogens is 2.